The van der Waals surface area contributed by atoms with Crippen molar-refractivity contribution < 1.29 is 4.74 Å². The van der Waals surface area contributed by atoms with E-state index in [1.807, 2.05) is 20.8 Å². The Hall–Kier alpha value is -1.36. The molecule has 1 atom stereocenters. The van der Waals surface area contributed by atoms with Crippen molar-refractivity contribution in [3.05, 3.63) is 22.6 Å². The van der Waals surface area contributed by atoms with Gasteiger partial charge in [0, 0.05) is 18.7 Å². The van der Waals surface area contributed by atoms with Crippen molar-refractivity contribution in [2.24, 2.45) is 11.7 Å². The molecule has 0 bridgehead atoms. The molecular formula is C11H19N3O2. The van der Waals surface area contributed by atoms with Gasteiger partial charge in [0.25, 0.3) is 5.56 Å². The van der Waals surface area contributed by atoms with Crippen molar-refractivity contribution in [1.82, 2.24) is 9.78 Å². The highest BCUT2D eigenvalue weighted by Crippen LogP contribution is 2.04. The van der Waals surface area contributed by atoms with E-state index in [1.165, 1.54) is 10.7 Å². The maximum atomic E-state index is 11.6. The summed E-state index contributed by atoms with van der Waals surface area (Å²) in [6.45, 7) is 6.92. The lowest BCUT2D eigenvalue weighted by molar-refractivity contribution is 0.292. The topological polar surface area (TPSA) is 70.1 Å². The van der Waals surface area contributed by atoms with Gasteiger partial charge in [0.2, 0.25) is 0 Å². The van der Waals surface area contributed by atoms with Crippen LogP contribution in [0.3, 0.4) is 0 Å². The maximum absolute atomic E-state index is 11.6. The lowest BCUT2D eigenvalue weighted by Crippen LogP contribution is -2.26. The number of ether oxygens (including phenoxy) is 1. The minimum Gasteiger partial charge on any atom is -0.490 e. The van der Waals surface area contributed by atoms with Crippen LogP contribution in [0.1, 0.15) is 20.8 Å². The predicted octanol–water partition coefficient (Wildman–Crippen LogP) is 0.625. The summed E-state index contributed by atoms with van der Waals surface area (Å²) in [6, 6.07) is 1.38. The second-order valence-corrected chi connectivity index (χ2v) is 4.39. The van der Waals surface area contributed by atoms with Gasteiger partial charge >= 0.3 is 0 Å². The second kappa shape index (κ2) is 5.65. The molecule has 1 aromatic rings. The third-order valence-electron chi connectivity index (χ3n) is 1.90. The molecule has 0 aliphatic rings. The largest absolute Gasteiger partial charge is 0.490 e. The molecule has 1 rings (SSSR count). The van der Waals surface area contributed by atoms with Crippen molar-refractivity contribution in [3.63, 3.8) is 0 Å². The Balaban J connectivity index is 2.71. The molecule has 0 saturated carbocycles. The van der Waals surface area contributed by atoms with Gasteiger partial charge in [-0.25, -0.2) is 4.68 Å². The summed E-state index contributed by atoms with van der Waals surface area (Å²) in [5.74, 6) is 0.864. The molecule has 0 aromatic carbocycles. The highest BCUT2D eigenvalue weighted by atomic mass is 16.5. The van der Waals surface area contributed by atoms with Crippen LogP contribution < -0.4 is 16.0 Å². The van der Waals surface area contributed by atoms with E-state index >= 15 is 0 Å². The lowest BCUT2D eigenvalue weighted by Gasteiger charge is -2.10. The van der Waals surface area contributed by atoms with E-state index in [4.69, 9.17) is 10.5 Å². The molecule has 0 fully saturated rings. The summed E-state index contributed by atoms with van der Waals surface area (Å²) < 4.78 is 6.74. The first-order chi connectivity index (χ1) is 7.49. The average molecular weight is 225 g/mol. The summed E-state index contributed by atoms with van der Waals surface area (Å²) in [6.07, 6.45) is 1.55. The summed E-state index contributed by atoms with van der Waals surface area (Å²) in [5.41, 5.74) is 5.40. The highest BCUT2D eigenvalue weighted by molar-refractivity contribution is 5.13. The monoisotopic (exact) mass is 225 g/mol. The Morgan fingerprint density at radius 1 is 1.50 bits per heavy atom. The second-order valence-electron chi connectivity index (χ2n) is 4.39. The van der Waals surface area contributed by atoms with Crippen LogP contribution in [0.5, 0.6) is 5.75 Å². The third-order valence-corrected chi connectivity index (χ3v) is 1.90. The first-order valence-corrected chi connectivity index (χ1v) is 5.44. The van der Waals surface area contributed by atoms with Gasteiger partial charge in [-0.2, -0.15) is 5.10 Å². The Morgan fingerprint density at radius 2 is 2.19 bits per heavy atom. The minimum atomic E-state index is -0.143. The number of nitrogens with two attached hydrogens (primary N) is 1. The zero-order valence-corrected chi connectivity index (χ0v) is 10.0. The fourth-order valence-corrected chi connectivity index (χ4v) is 1.21. The van der Waals surface area contributed by atoms with E-state index in [0.717, 1.165) is 0 Å². The number of nitrogens with zero attached hydrogens (tertiary/aromatic N) is 2. The Bertz CT molecular complexity index is 385. The van der Waals surface area contributed by atoms with Gasteiger partial charge in [-0.05, 0) is 12.8 Å². The zero-order chi connectivity index (χ0) is 12.1. The smallest absolute Gasteiger partial charge is 0.270 e. The minimum absolute atomic E-state index is 0.0573. The zero-order valence-electron chi connectivity index (χ0n) is 10.0. The van der Waals surface area contributed by atoms with Gasteiger partial charge in [0.15, 0.2) is 0 Å². The van der Waals surface area contributed by atoms with Crippen LogP contribution in [0.15, 0.2) is 17.1 Å². The van der Waals surface area contributed by atoms with Crippen molar-refractivity contribution in [2.45, 2.75) is 33.4 Å². The van der Waals surface area contributed by atoms with Crippen LogP contribution in [-0.2, 0) is 6.54 Å². The van der Waals surface area contributed by atoms with Crippen molar-refractivity contribution in [1.29, 1.82) is 0 Å². The molecule has 90 valence electrons. The fourth-order valence-electron chi connectivity index (χ4n) is 1.21. The highest BCUT2D eigenvalue weighted by Gasteiger charge is 2.03. The summed E-state index contributed by atoms with van der Waals surface area (Å²) in [5, 5.41) is 4.03. The van der Waals surface area contributed by atoms with E-state index in [-0.39, 0.29) is 11.6 Å². The molecular weight excluding hydrogens is 206 g/mol. The normalized spacial score (nSPS) is 12.8. The van der Waals surface area contributed by atoms with Gasteiger partial charge in [-0.1, -0.05) is 13.8 Å². The summed E-state index contributed by atoms with van der Waals surface area (Å²) >= 11 is 0. The van der Waals surface area contributed by atoms with Crippen LogP contribution in [0.25, 0.3) is 0 Å². The van der Waals surface area contributed by atoms with E-state index in [1.54, 1.807) is 6.20 Å². The van der Waals surface area contributed by atoms with E-state index in [9.17, 15) is 4.79 Å². The molecule has 0 saturated heterocycles. The van der Waals surface area contributed by atoms with Gasteiger partial charge in [0.05, 0.1) is 6.20 Å². The van der Waals surface area contributed by atoms with Crippen molar-refractivity contribution in [2.75, 3.05) is 6.61 Å². The van der Waals surface area contributed by atoms with Gasteiger partial charge in [-0.15, -0.1) is 0 Å². The standard InChI is InChI=1S/C11H19N3O2/c1-8(2)6-14-11(15)4-10(5-13-14)16-7-9(3)12/h4-5,8-9H,6-7,12H2,1-3H3. The Kier molecular flexibility index (Phi) is 4.49. The first-order valence-electron chi connectivity index (χ1n) is 5.44. The summed E-state index contributed by atoms with van der Waals surface area (Å²) in [4.78, 5) is 11.6. The molecule has 0 radical (unpaired) electrons. The van der Waals surface area contributed by atoms with Crippen LogP contribution in [-0.4, -0.2) is 22.4 Å². The number of hydrogen-bond acceptors (Lipinski definition) is 4. The van der Waals surface area contributed by atoms with E-state index < -0.39 is 0 Å². The Labute approximate surface area is 95.2 Å². The Morgan fingerprint density at radius 3 is 2.69 bits per heavy atom. The van der Waals surface area contributed by atoms with E-state index in [2.05, 4.69) is 5.10 Å². The summed E-state index contributed by atoms with van der Waals surface area (Å²) in [7, 11) is 0. The molecule has 0 aliphatic heterocycles. The van der Waals surface area contributed by atoms with Gasteiger partial charge < -0.3 is 10.5 Å². The molecule has 1 unspecified atom stereocenters. The number of aromatic nitrogens is 2. The van der Waals surface area contributed by atoms with Crippen LogP contribution in [0.4, 0.5) is 0 Å². The number of hydrogen-bond donors (Lipinski definition) is 1. The first kappa shape index (κ1) is 12.7. The van der Waals surface area contributed by atoms with Crippen LogP contribution in [0.2, 0.25) is 0 Å². The molecule has 16 heavy (non-hydrogen) atoms. The molecule has 0 spiro atoms. The molecule has 1 heterocycles. The average Bonchev–Trinajstić information content (AvgIpc) is 2.18. The molecule has 5 heteroatoms. The van der Waals surface area contributed by atoms with Crippen molar-refractivity contribution >= 4 is 0 Å². The molecule has 0 aliphatic carbocycles. The van der Waals surface area contributed by atoms with Gasteiger partial charge in [-0.3, -0.25) is 4.79 Å². The van der Waals surface area contributed by atoms with Gasteiger partial charge in [0.1, 0.15) is 12.4 Å². The molecule has 2 N–H and O–H groups in total. The van der Waals surface area contributed by atoms with Crippen LogP contribution in [0, 0.1) is 5.92 Å². The van der Waals surface area contributed by atoms with Crippen molar-refractivity contribution in [3.8, 4) is 5.75 Å². The quantitative estimate of drug-likeness (QED) is 0.797. The van der Waals surface area contributed by atoms with Crippen LogP contribution >= 0.6 is 0 Å². The SMILES string of the molecule is CC(C)Cn1ncc(OCC(C)N)cc1=O. The fraction of sp³-hybridized carbons (Fsp3) is 0.636. The molecule has 5 nitrogen and oxygen atoms in total. The predicted molar refractivity (Wildman–Crippen MR) is 62.5 cm³/mol. The molecule has 0 amide bonds. The molecule has 1 aromatic heterocycles. The maximum Gasteiger partial charge on any atom is 0.270 e. The van der Waals surface area contributed by atoms with E-state index in [0.29, 0.717) is 24.8 Å². The lowest BCUT2D eigenvalue weighted by atomic mass is 10.2. The third kappa shape index (κ3) is 4.02. The number of rotatable bonds is 5.